The van der Waals surface area contributed by atoms with E-state index in [1.807, 2.05) is 17.0 Å². The Balaban J connectivity index is 1.18. The number of aromatic amines is 1. The van der Waals surface area contributed by atoms with Crippen LogP contribution in [0.25, 0.3) is 11.4 Å². The van der Waals surface area contributed by atoms with E-state index in [1.54, 1.807) is 25.4 Å². The summed E-state index contributed by atoms with van der Waals surface area (Å²) in [6.45, 7) is 10.5. The van der Waals surface area contributed by atoms with Crippen LogP contribution in [0.1, 0.15) is 41.8 Å². The molecule has 0 bridgehead atoms. The van der Waals surface area contributed by atoms with Gasteiger partial charge in [-0.25, -0.2) is 9.37 Å². The molecule has 0 radical (unpaired) electrons. The minimum Gasteiger partial charge on any atom is -0.495 e. The van der Waals surface area contributed by atoms with E-state index >= 15 is 0 Å². The van der Waals surface area contributed by atoms with Crippen molar-refractivity contribution in [1.82, 2.24) is 29.7 Å². The van der Waals surface area contributed by atoms with Gasteiger partial charge >= 0.3 is 0 Å². The fourth-order valence-electron chi connectivity index (χ4n) is 6.21. The number of amides is 2. The Bertz CT molecular complexity index is 1700. The summed E-state index contributed by atoms with van der Waals surface area (Å²) in [5, 5.41) is 6.36. The highest BCUT2D eigenvalue weighted by Crippen LogP contribution is 2.36. The van der Waals surface area contributed by atoms with Gasteiger partial charge < -0.3 is 35.9 Å². The predicted octanol–water partition coefficient (Wildman–Crippen LogP) is 3.94. The van der Waals surface area contributed by atoms with Gasteiger partial charge in [0.2, 0.25) is 11.9 Å². The molecule has 0 spiro atoms. The Kier molecular flexibility index (Phi) is 9.04. The SMILES string of the molecule is COc1cc2c(cc1Nc1nc(Nc3cccc(F)c3C(N)=O)c3ccnc-3[nH]1)CN(C(=O)CCN1CCN(C(C)C)CC1)CC2. The zero-order valence-corrected chi connectivity index (χ0v) is 26.4. The van der Waals surface area contributed by atoms with Gasteiger partial charge in [-0.2, -0.15) is 4.98 Å². The number of carbonyl (C=O) groups excluding carboxylic acids is 2. The van der Waals surface area contributed by atoms with Crippen molar-refractivity contribution in [2.24, 2.45) is 5.73 Å². The van der Waals surface area contributed by atoms with Gasteiger partial charge in [-0.05, 0) is 61.7 Å². The molecule has 4 aliphatic rings. The van der Waals surface area contributed by atoms with E-state index < -0.39 is 11.7 Å². The third kappa shape index (κ3) is 6.60. The second kappa shape index (κ2) is 13.3. The van der Waals surface area contributed by atoms with Crippen molar-refractivity contribution in [3.8, 4) is 17.1 Å². The zero-order chi connectivity index (χ0) is 32.4. The van der Waals surface area contributed by atoms with E-state index in [-0.39, 0.29) is 17.2 Å². The molecule has 46 heavy (non-hydrogen) atoms. The summed E-state index contributed by atoms with van der Waals surface area (Å²) in [7, 11) is 1.61. The maximum atomic E-state index is 14.5. The second-order valence-electron chi connectivity index (χ2n) is 12.0. The number of fused-ring (bicyclic) bond motifs is 2. The maximum Gasteiger partial charge on any atom is 0.253 e. The van der Waals surface area contributed by atoms with Crippen molar-refractivity contribution >= 4 is 35.0 Å². The first-order valence-electron chi connectivity index (χ1n) is 15.6. The smallest absolute Gasteiger partial charge is 0.253 e. The number of hydrogen-bond acceptors (Lipinski definition) is 9. The number of halogens is 1. The summed E-state index contributed by atoms with van der Waals surface area (Å²) in [6.07, 6.45) is 2.86. The molecule has 242 valence electrons. The van der Waals surface area contributed by atoms with Crippen LogP contribution in [0.2, 0.25) is 0 Å². The number of nitrogens with one attached hydrogen (secondary N) is 3. The van der Waals surface area contributed by atoms with Gasteiger partial charge in [0.05, 0.1) is 29.6 Å². The van der Waals surface area contributed by atoms with Crippen LogP contribution in [0.3, 0.4) is 0 Å². The van der Waals surface area contributed by atoms with Crippen LogP contribution in [0.15, 0.2) is 42.6 Å². The van der Waals surface area contributed by atoms with E-state index in [4.69, 9.17) is 10.5 Å². The van der Waals surface area contributed by atoms with E-state index in [9.17, 15) is 14.0 Å². The summed E-state index contributed by atoms with van der Waals surface area (Å²) in [6, 6.07) is 10.5. The number of anilines is 4. The highest BCUT2D eigenvalue weighted by atomic mass is 19.1. The molecule has 0 unspecified atom stereocenters. The number of nitrogens with two attached hydrogens (primary N) is 1. The summed E-state index contributed by atoms with van der Waals surface area (Å²) < 4.78 is 20.2. The minimum atomic E-state index is -0.894. The minimum absolute atomic E-state index is 0.161. The molecule has 2 aromatic rings. The molecule has 1 fully saturated rings. The first-order valence-corrected chi connectivity index (χ1v) is 15.6. The largest absolute Gasteiger partial charge is 0.495 e. The highest BCUT2D eigenvalue weighted by Gasteiger charge is 2.25. The van der Waals surface area contributed by atoms with E-state index in [0.717, 1.165) is 50.3 Å². The topological polar surface area (TPSA) is 145 Å². The lowest BCUT2D eigenvalue weighted by molar-refractivity contribution is -0.132. The van der Waals surface area contributed by atoms with Gasteiger partial charge in [0.1, 0.15) is 23.2 Å². The lowest BCUT2D eigenvalue weighted by Crippen LogP contribution is -2.49. The van der Waals surface area contributed by atoms with E-state index in [0.29, 0.717) is 60.1 Å². The number of nitrogens with zero attached hydrogens (tertiary/aromatic N) is 5. The third-order valence-electron chi connectivity index (χ3n) is 8.85. The number of methoxy groups -OCH3 is 1. The molecule has 4 heterocycles. The third-order valence-corrected chi connectivity index (χ3v) is 8.85. The first kappa shape index (κ1) is 31.2. The molecule has 1 saturated heterocycles. The number of rotatable bonds is 10. The molecule has 0 aromatic heterocycles. The molecule has 6 rings (SSSR count). The second-order valence-corrected chi connectivity index (χ2v) is 12.0. The Morgan fingerprint density at radius 3 is 2.61 bits per heavy atom. The van der Waals surface area contributed by atoms with Crippen LogP contribution >= 0.6 is 0 Å². The first-order chi connectivity index (χ1) is 22.2. The normalized spacial score (nSPS) is 15.6. The standard InChI is InChI=1S/C33H40FN9O3/c1-20(2)42-15-13-41(14-16-42)11-9-28(44)43-12-8-21-18-27(46-3)26(17-22(21)19-43)38-33-39-31-23(7-10-36-31)32(40-33)37-25-6-4-5-24(34)29(25)30(35)45/h4-7,10,17-18,20H,8-9,11-16,19H2,1-3H3,(H2,35,45)(H3,36,37,38,39,40). The van der Waals surface area contributed by atoms with Crippen molar-refractivity contribution in [3.63, 3.8) is 0 Å². The van der Waals surface area contributed by atoms with Crippen LogP contribution in [0, 0.1) is 5.82 Å². The number of ether oxygens (including phenoxy) is 1. The molecule has 4 aliphatic heterocycles. The van der Waals surface area contributed by atoms with E-state index in [1.165, 1.54) is 12.1 Å². The lowest BCUT2D eigenvalue weighted by Gasteiger charge is -2.37. The Hall–Kier alpha value is -4.75. The fourth-order valence-corrected chi connectivity index (χ4v) is 6.21. The van der Waals surface area contributed by atoms with Gasteiger partial charge in [0.15, 0.2) is 0 Å². The molecule has 2 amide bonds. The number of carbonyl (C=O) groups is 2. The molecule has 0 atom stereocenters. The molecule has 5 N–H and O–H groups in total. The highest BCUT2D eigenvalue weighted by molar-refractivity contribution is 6.00. The summed E-state index contributed by atoms with van der Waals surface area (Å²) in [5.41, 5.74) is 8.85. The van der Waals surface area contributed by atoms with Gasteiger partial charge in [-0.15, -0.1) is 0 Å². The number of hydrogen-bond donors (Lipinski definition) is 4. The van der Waals surface area contributed by atoms with Crippen LogP contribution in [-0.2, 0) is 17.8 Å². The van der Waals surface area contributed by atoms with Crippen molar-refractivity contribution in [3.05, 3.63) is 65.1 Å². The molecule has 2 aromatic carbocycles. The number of piperazine rings is 1. The van der Waals surface area contributed by atoms with E-state index in [2.05, 4.69) is 49.2 Å². The molecule has 0 saturated carbocycles. The maximum absolute atomic E-state index is 14.5. The fraction of sp³-hybridized carbons (Fsp3) is 0.394. The van der Waals surface area contributed by atoms with Crippen molar-refractivity contribution in [2.75, 3.05) is 57.0 Å². The monoisotopic (exact) mass is 629 g/mol. The molecular formula is C33H40FN9O3. The zero-order valence-electron chi connectivity index (χ0n) is 26.4. The van der Waals surface area contributed by atoms with Crippen molar-refractivity contribution < 1.29 is 18.7 Å². The quantitative estimate of drug-likeness (QED) is 0.205. The Morgan fingerprint density at radius 1 is 1.07 bits per heavy atom. The molecular weight excluding hydrogens is 589 g/mol. The summed E-state index contributed by atoms with van der Waals surface area (Å²) in [5.74, 6) is 0.372. The average molecular weight is 630 g/mol. The number of aromatic nitrogens is 3. The van der Waals surface area contributed by atoms with Crippen LogP contribution in [-0.4, -0.2) is 93.9 Å². The molecule has 12 nitrogen and oxygen atoms in total. The van der Waals surface area contributed by atoms with Gasteiger partial charge in [0, 0.05) is 64.5 Å². The number of benzene rings is 2. The van der Waals surface area contributed by atoms with Crippen LogP contribution in [0.5, 0.6) is 5.75 Å². The number of primary amides is 1. The molecule has 0 aliphatic carbocycles. The van der Waals surface area contributed by atoms with Gasteiger partial charge in [-0.3, -0.25) is 14.5 Å². The van der Waals surface area contributed by atoms with Crippen molar-refractivity contribution in [2.45, 2.75) is 39.3 Å². The van der Waals surface area contributed by atoms with Gasteiger partial charge in [0.25, 0.3) is 5.91 Å². The van der Waals surface area contributed by atoms with Crippen molar-refractivity contribution in [1.29, 1.82) is 0 Å². The Labute approximate surface area is 267 Å². The Morgan fingerprint density at radius 2 is 1.87 bits per heavy atom. The van der Waals surface area contributed by atoms with Gasteiger partial charge in [-0.1, -0.05) is 6.07 Å². The predicted molar refractivity (Wildman–Crippen MR) is 174 cm³/mol. The lowest BCUT2D eigenvalue weighted by atomic mass is 9.98. The number of H-pyrrole nitrogens is 1. The molecule has 13 heteroatoms. The average Bonchev–Trinajstić information content (AvgIpc) is 3.52. The summed E-state index contributed by atoms with van der Waals surface area (Å²) >= 11 is 0. The summed E-state index contributed by atoms with van der Waals surface area (Å²) in [4.78, 5) is 44.3. The van der Waals surface area contributed by atoms with Crippen LogP contribution in [0.4, 0.5) is 27.5 Å². The van der Waals surface area contributed by atoms with Crippen LogP contribution < -0.4 is 21.1 Å².